The number of nitrogens with zero attached hydrogens (tertiary/aromatic N) is 2. The normalized spacial score (nSPS) is 14.6. The standard InChI is InChI=1S/C13H15N3O2/c1-7-11(8(2)18-16-7)12-14-10-6-4-3-5-9(10)13(17)15-12/h3-6H2,1-2H3,(H,14,15,17). The third-order valence-corrected chi connectivity index (χ3v) is 3.46. The molecule has 1 N–H and O–H groups in total. The van der Waals surface area contributed by atoms with E-state index in [0.717, 1.165) is 48.2 Å². The summed E-state index contributed by atoms with van der Waals surface area (Å²) in [6, 6.07) is 0. The molecule has 18 heavy (non-hydrogen) atoms. The minimum absolute atomic E-state index is 0.0188. The van der Waals surface area contributed by atoms with Gasteiger partial charge in [0.1, 0.15) is 11.6 Å². The van der Waals surface area contributed by atoms with Crippen molar-refractivity contribution < 1.29 is 4.52 Å². The number of fused-ring (bicyclic) bond motifs is 1. The van der Waals surface area contributed by atoms with Crippen molar-refractivity contribution >= 4 is 0 Å². The lowest BCUT2D eigenvalue weighted by atomic mass is 9.97. The van der Waals surface area contributed by atoms with Crippen LogP contribution < -0.4 is 5.56 Å². The number of rotatable bonds is 1. The number of aryl methyl sites for hydroxylation is 3. The first kappa shape index (κ1) is 11.2. The molecule has 0 spiro atoms. The Morgan fingerprint density at radius 2 is 2.00 bits per heavy atom. The van der Waals surface area contributed by atoms with Gasteiger partial charge in [0.05, 0.1) is 17.0 Å². The largest absolute Gasteiger partial charge is 0.361 e. The molecule has 0 amide bonds. The zero-order chi connectivity index (χ0) is 12.7. The first-order chi connectivity index (χ1) is 8.66. The molecule has 1 aliphatic carbocycles. The van der Waals surface area contributed by atoms with Gasteiger partial charge in [-0.25, -0.2) is 4.98 Å². The van der Waals surface area contributed by atoms with E-state index in [1.54, 1.807) is 0 Å². The molecule has 0 fully saturated rings. The van der Waals surface area contributed by atoms with Crippen molar-refractivity contribution in [3.05, 3.63) is 33.1 Å². The van der Waals surface area contributed by atoms with Crippen LogP contribution in [0.1, 0.15) is 35.6 Å². The van der Waals surface area contributed by atoms with E-state index < -0.39 is 0 Å². The summed E-state index contributed by atoms with van der Waals surface area (Å²) in [5, 5.41) is 3.90. The quantitative estimate of drug-likeness (QED) is 0.833. The molecule has 5 nitrogen and oxygen atoms in total. The fourth-order valence-electron chi connectivity index (χ4n) is 2.54. The summed E-state index contributed by atoms with van der Waals surface area (Å²) >= 11 is 0. The predicted molar refractivity (Wildman–Crippen MR) is 66.5 cm³/mol. The minimum Gasteiger partial charge on any atom is -0.361 e. The Bertz CT molecular complexity index is 635. The average molecular weight is 245 g/mol. The third-order valence-electron chi connectivity index (χ3n) is 3.46. The van der Waals surface area contributed by atoms with Crippen molar-refractivity contribution in [1.82, 2.24) is 15.1 Å². The lowest BCUT2D eigenvalue weighted by Gasteiger charge is -2.14. The van der Waals surface area contributed by atoms with E-state index >= 15 is 0 Å². The lowest BCUT2D eigenvalue weighted by molar-refractivity contribution is 0.393. The molecule has 0 atom stereocenters. The summed E-state index contributed by atoms with van der Waals surface area (Å²) in [6.07, 6.45) is 3.89. The van der Waals surface area contributed by atoms with Crippen LogP contribution in [0.15, 0.2) is 9.32 Å². The maximum atomic E-state index is 12.1. The SMILES string of the molecule is Cc1noc(C)c1-c1nc2c(c(=O)[nH]1)CCCC2. The van der Waals surface area contributed by atoms with Crippen molar-refractivity contribution in [3.8, 4) is 11.4 Å². The van der Waals surface area contributed by atoms with Gasteiger partial charge in [0.25, 0.3) is 5.56 Å². The van der Waals surface area contributed by atoms with Crippen molar-refractivity contribution in [3.63, 3.8) is 0 Å². The first-order valence-electron chi connectivity index (χ1n) is 6.22. The van der Waals surface area contributed by atoms with E-state index in [4.69, 9.17) is 4.52 Å². The lowest BCUT2D eigenvalue weighted by Crippen LogP contribution is -2.21. The number of aromatic nitrogens is 3. The molecule has 0 unspecified atom stereocenters. The number of nitrogens with one attached hydrogen (secondary N) is 1. The molecule has 5 heteroatoms. The molecule has 0 saturated heterocycles. The Labute approximate surface area is 104 Å². The second-order valence-corrected chi connectivity index (χ2v) is 4.75. The van der Waals surface area contributed by atoms with Crippen LogP contribution in [0.2, 0.25) is 0 Å². The molecule has 1 aliphatic rings. The summed E-state index contributed by atoms with van der Waals surface area (Å²) in [6.45, 7) is 3.68. The van der Waals surface area contributed by atoms with Crippen LogP contribution in [-0.2, 0) is 12.8 Å². The summed E-state index contributed by atoms with van der Waals surface area (Å²) in [7, 11) is 0. The molecule has 2 heterocycles. The Kier molecular flexibility index (Phi) is 2.54. The van der Waals surface area contributed by atoms with E-state index in [1.807, 2.05) is 13.8 Å². The number of hydrogen-bond acceptors (Lipinski definition) is 4. The second-order valence-electron chi connectivity index (χ2n) is 4.75. The van der Waals surface area contributed by atoms with Gasteiger partial charge in [0.2, 0.25) is 0 Å². The molecule has 3 rings (SSSR count). The summed E-state index contributed by atoms with van der Waals surface area (Å²) < 4.78 is 5.12. The maximum Gasteiger partial charge on any atom is 0.254 e. The monoisotopic (exact) mass is 245 g/mol. The van der Waals surface area contributed by atoms with Gasteiger partial charge in [-0.05, 0) is 39.5 Å². The van der Waals surface area contributed by atoms with Gasteiger partial charge in [0.15, 0.2) is 0 Å². The minimum atomic E-state index is -0.0188. The molecule has 0 saturated carbocycles. The van der Waals surface area contributed by atoms with Gasteiger partial charge in [-0.3, -0.25) is 4.79 Å². The maximum absolute atomic E-state index is 12.1. The zero-order valence-electron chi connectivity index (χ0n) is 10.5. The van der Waals surface area contributed by atoms with Crippen molar-refractivity contribution in [2.75, 3.05) is 0 Å². The Balaban J connectivity index is 2.20. The van der Waals surface area contributed by atoms with E-state index in [1.165, 1.54) is 0 Å². The fourth-order valence-corrected chi connectivity index (χ4v) is 2.54. The van der Waals surface area contributed by atoms with Crippen LogP contribution in [0.25, 0.3) is 11.4 Å². The third kappa shape index (κ3) is 1.66. The predicted octanol–water partition coefficient (Wildman–Crippen LogP) is 1.92. The van der Waals surface area contributed by atoms with E-state index in [2.05, 4.69) is 15.1 Å². The van der Waals surface area contributed by atoms with Gasteiger partial charge < -0.3 is 9.51 Å². The summed E-state index contributed by atoms with van der Waals surface area (Å²) in [5.41, 5.74) is 3.32. The van der Waals surface area contributed by atoms with Gasteiger partial charge in [-0.1, -0.05) is 5.16 Å². The van der Waals surface area contributed by atoms with Crippen LogP contribution in [-0.4, -0.2) is 15.1 Å². The smallest absolute Gasteiger partial charge is 0.254 e. The molecule has 94 valence electrons. The molecular formula is C13H15N3O2. The van der Waals surface area contributed by atoms with Crippen molar-refractivity contribution in [1.29, 1.82) is 0 Å². The van der Waals surface area contributed by atoms with Crippen LogP contribution in [0.4, 0.5) is 0 Å². The first-order valence-corrected chi connectivity index (χ1v) is 6.22. The molecule has 0 aliphatic heterocycles. The molecule has 2 aromatic rings. The summed E-state index contributed by atoms with van der Waals surface area (Å²) in [5.74, 6) is 1.27. The van der Waals surface area contributed by atoms with E-state index in [0.29, 0.717) is 11.6 Å². The van der Waals surface area contributed by atoms with Crippen LogP contribution in [0.5, 0.6) is 0 Å². The fraction of sp³-hybridized carbons (Fsp3) is 0.462. The highest BCUT2D eigenvalue weighted by molar-refractivity contribution is 5.60. The topological polar surface area (TPSA) is 71.8 Å². The average Bonchev–Trinajstić information content (AvgIpc) is 2.69. The van der Waals surface area contributed by atoms with Gasteiger partial charge in [-0.2, -0.15) is 0 Å². The van der Waals surface area contributed by atoms with Crippen molar-refractivity contribution in [2.45, 2.75) is 39.5 Å². The Hall–Kier alpha value is -1.91. The highest BCUT2D eigenvalue weighted by Crippen LogP contribution is 2.24. The zero-order valence-corrected chi connectivity index (χ0v) is 10.5. The van der Waals surface area contributed by atoms with E-state index in [9.17, 15) is 4.79 Å². The van der Waals surface area contributed by atoms with Crippen molar-refractivity contribution in [2.24, 2.45) is 0 Å². The molecule has 0 radical (unpaired) electrons. The van der Waals surface area contributed by atoms with Gasteiger partial charge in [0, 0.05) is 5.56 Å². The van der Waals surface area contributed by atoms with Crippen LogP contribution in [0.3, 0.4) is 0 Å². The summed E-state index contributed by atoms with van der Waals surface area (Å²) in [4.78, 5) is 19.5. The number of aromatic amines is 1. The molecule has 2 aromatic heterocycles. The number of hydrogen-bond donors (Lipinski definition) is 1. The number of H-pyrrole nitrogens is 1. The second kappa shape index (κ2) is 4.08. The molecule has 0 bridgehead atoms. The van der Waals surface area contributed by atoms with Crippen LogP contribution >= 0.6 is 0 Å². The molecular weight excluding hydrogens is 230 g/mol. The Morgan fingerprint density at radius 1 is 1.22 bits per heavy atom. The van der Waals surface area contributed by atoms with Gasteiger partial charge in [-0.15, -0.1) is 0 Å². The highest BCUT2D eigenvalue weighted by Gasteiger charge is 2.19. The Morgan fingerprint density at radius 3 is 2.72 bits per heavy atom. The highest BCUT2D eigenvalue weighted by atomic mass is 16.5. The molecule has 0 aromatic carbocycles. The van der Waals surface area contributed by atoms with Gasteiger partial charge >= 0.3 is 0 Å². The van der Waals surface area contributed by atoms with Crippen LogP contribution in [0, 0.1) is 13.8 Å². The van der Waals surface area contributed by atoms with E-state index in [-0.39, 0.29) is 5.56 Å².